The summed E-state index contributed by atoms with van der Waals surface area (Å²) in [5.74, 6) is 5.79. The minimum absolute atomic E-state index is 0.114. The minimum Gasteiger partial charge on any atom is -0.442 e. The Kier molecular flexibility index (Phi) is 5.87. The van der Waals surface area contributed by atoms with Gasteiger partial charge in [-0.05, 0) is 57.0 Å². The van der Waals surface area contributed by atoms with Crippen LogP contribution in [-0.2, 0) is 17.7 Å². The summed E-state index contributed by atoms with van der Waals surface area (Å²) in [6.45, 7) is 7.37. The van der Waals surface area contributed by atoms with Crippen molar-refractivity contribution in [2.75, 3.05) is 13.6 Å². The van der Waals surface area contributed by atoms with Crippen molar-refractivity contribution in [3.05, 3.63) is 52.9 Å². The molecule has 0 spiro atoms. The molecule has 0 aliphatic carbocycles. The van der Waals surface area contributed by atoms with Crippen molar-refractivity contribution < 1.29 is 9.53 Å². The molecule has 25 heavy (non-hydrogen) atoms. The number of likely N-dealkylation sites (N-methyl/N-ethyl adjacent to an activating group) is 1. The molecule has 0 atom stereocenters. The Morgan fingerprint density at radius 2 is 2.04 bits per heavy atom. The number of nitrogens with zero attached hydrogens (tertiary/aromatic N) is 2. The van der Waals surface area contributed by atoms with Crippen LogP contribution in [0, 0.1) is 0 Å². The van der Waals surface area contributed by atoms with Gasteiger partial charge in [-0.1, -0.05) is 30.4 Å². The molecule has 1 aliphatic heterocycles. The summed E-state index contributed by atoms with van der Waals surface area (Å²) in [4.78, 5) is 14.2. The van der Waals surface area contributed by atoms with Gasteiger partial charge in [0.05, 0.1) is 0 Å². The molecule has 1 heterocycles. The lowest BCUT2D eigenvalue weighted by Crippen LogP contribution is -2.43. The van der Waals surface area contributed by atoms with Crippen LogP contribution in [0.3, 0.4) is 0 Å². The number of nitrogens with two attached hydrogens (primary N) is 2. The molecule has 2 rings (SSSR count). The highest BCUT2D eigenvalue weighted by Gasteiger charge is 2.21. The molecule has 0 saturated carbocycles. The standard InChI is InChI=1S/C19H28N4O2/c1-19(2,3)25-18(24)23(21)17(20)7-5-6-14-8-9-15-10-11-22(4)13-16(15)12-14/h5-9,12H,10-11,13,20-21H2,1-4H3/b6-5+,17-7+. The number of allylic oxidation sites excluding steroid dienone is 2. The maximum Gasteiger partial charge on any atom is 0.430 e. The number of carbonyl (C=O) groups is 1. The van der Waals surface area contributed by atoms with Crippen LogP contribution in [0.15, 0.2) is 36.2 Å². The van der Waals surface area contributed by atoms with Gasteiger partial charge in [-0.25, -0.2) is 10.6 Å². The Hall–Kier alpha value is -2.31. The second kappa shape index (κ2) is 7.72. The number of hydrazine groups is 1. The predicted molar refractivity (Wildman–Crippen MR) is 100 cm³/mol. The van der Waals surface area contributed by atoms with E-state index in [0.29, 0.717) is 0 Å². The van der Waals surface area contributed by atoms with E-state index in [1.165, 1.54) is 11.1 Å². The van der Waals surface area contributed by atoms with Crippen molar-refractivity contribution in [1.82, 2.24) is 9.91 Å². The molecule has 1 amide bonds. The number of ether oxygens (including phenoxy) is 1. The average Bonchev–Trinajstić information content (AvgIpc) is 2.52. The van der Waals surface area contributed by atoms with E-state index in [4.69, 9.17) is 16.3 Å². The summed E-state index contributed by atoms with van der Waals surface area (Å²) in [5, 5.41) is 0.803. The van der Waals surface area contributed by atoms with E-state index in [0.717, 1.165) is 30.1 Å². The predicted octanol–water partition coefficient (Wildman–Crippen LogP) is 2.60. The summed E-state index contributed by atoms with van der Waals surface area (Å²) in [6.07, 6.45) is 5.68. The van der Waals surface area contributed by atoms with Crippen LogP contribution >= 0.6 is 0 Å². The first kappa shape index (κ1) is 19.0. The molecule has 0 saturated heterocycles. The van der Waals surface area contributed by atoms with Crippen LogP contribution < -0.4 is 11.6 Å². The molecule has 1 aromatic carbocycles. The lowest BCUT2D eigenvalue weighted by molar-refractivity contribution is 0.0310. The first-order valence-corrected chi connectivity index (χ1v) is 8.38. The molecular formula is C19H28N4O2. The quantitative estimate of drug-likeness (QED) is 0.381. The lowest BCUT2D eigenvalue weighted by atomic mass is 9.97. The van der Waals surface area contributed by atoms with Gasteiger partial charge in [0, 0.05) is 13.1 Å². The van der Waals surface area contributed by atoms with Crippen molar-refractivity contribution in [3.63, 3.8) is 0 Å². The molecule has 0 aromatic heterocycles. The van der Waals surface area contributed by atoms with Gasteiger partial charge in [0.1, 0.15) is 11.4 Å². The minimum atomic E-state index is -0.688. The number of fused-ring (bicyclic) bond motifs is 1. The molecule has 136 valence electrons. The molecule has 0 fully saturated rings. The average molecular weight is 344 g/mol. The van der Waals surface area contributed by atoms with E-state index in [-0.39, 0.29) is 5.82 Å². The van der Waals surface area contributed by atoms with Crippen molar-refractivity contribution in [1.29, 1.82) is 0 Å². The maximum atomic E-state index is 11.9. The van der Waals surface area contributed by atoms with Crippen molar-refractivity contribution in [2.24, 2.45) is 11.6 Å². The normalized spacial score (nSPS) is 16.0. The Bertz CT molecular complexity index is 689. The highest BCUT2D eigenvalue weighted by molar-refractivity contribution is 5.69. The van der Waals surface area contributed by atoms with Gasteiger partial charge in [0.15, 0.2) is 0 Å². The summed E-state index contributed by atoms with van der Waals surface area (Å²) in [7, 11) is 2.13. The van der Waals surface area contributed by atoms with E-state index in [2.05, 4.69) is 30.1 Å². The van der Waals surface area contributed by atoms with Crippen LogP contribution in [0.25, 0.3) is 6.08 Å². The van der Waals surface area contributed by atoms with Crippen LogP contribution in [0.5, 0.6) is 0 Å². The molecule has 1 aliphatic rings. The molecule has 0 radical (unpaired) electrons. The zero-order valence-corrected chi connectivity index (χ0v) is 15.5. The zero-order valence-electron chi connectivity index (χ0n) is 15.5. The van der Waals surface area contributed by atoms with Gasteiger partial charge >= 0.3 is 6.09 Å². The Balaban J connectivity index is 2.02. The van der Waals surface area contributed by atoms with Crippen LogP contribution in [0.1, 0.15) is 37.5 Å². The fourth-order valence-electron chi connectivity index (χ4n) is 2.58. The molecule has 6 heteroatoms. The lowest BCUT2D eigenvalue weighted by Gasteiger charge is -2.25. The second-order valence-corrected chi connectivity index (χ2v) is 7.32. The number of rotatable bonds is 3. The Morgan fingerprint density at radius 3 is 2.72 bits per heavy atom. The van der Waals surface area contributed by atoms with Crippen molar-refractivity contribution in [3.8, 4) is 0 Å². The van der Waals surface area contributed by atoms with Gasteiger partial charge in [0.2, 0.25) is 0 Å². The van der Waals surface area contributed by atoms with Gasteiger partial charge in [0.25, 0.3) is 0 Å². The molecular weight excluding hydrogens is 316 g/mol. The van der Waals surface area contributed by atoms with Gasteiger partial charge in [-0.2, -0.15) is 5.01 Å². The van der Waals surface area contributed by atoms with E-state index < -0.39 is 11.7 Å². The van der Waals surface area contributed by atoms with Crippen LogP contribution in [0.2, 0.25) is 0 Å². The van der Waals surface area contributed by atoms with Crippen LogP contribution in [-0.4, -0.2) is 35.2 Å². The SMILES string of the molecule is CN1CCc2ccc(/C=C/C=C(\N)N(N)C(=O)OC(C)(C)C)cc2C1. The van der Waals surface area contributed by atoms with Crippen molar-refractivity contribution >= 4 is 12.2 Å². The van der Waals surface area contributed by atoms with E-state index in [1.807, 2.05) is 6.08 Å². The molecule has 1 aromatic rings. The fourth-order valence-corrected chi connectivity index (χ4v) is 2.58. The molecule has 4 N–H and O–H groups in total. The van der Waals surface area contributed by atoms with Gasteiger partial charge in [-0.15, -0.1) is 0 Å². The summed E-state index contributed by atoms with van der Waals surface area (Å²) in [5.41, 5.74) is 9.05. The fraction of sp³-hybridized carbons (Fsp3) is 0.421. The first-order valence-electron chi connectivity index (χ1n) is 8.38. The van der Waals surface area contributed by atoms with Crippen molar-refractivity contribution in [2.45, 2.75) is 39.3 Å². The summed E-state index contributed by atoms with van der Waals surface area (Å²) < 4.78 is 5.17. The maximum absolute atomic E-state index is 11.9. The number of amides is 1. The smallest absolute Gasteiger partial charge is 0.430 e. The monoisotopic (exact) mass is 344 g/mol. The molecule has 0 unspecified atom stereocenters. The Labute approximate surface area is 149 Å². The topological polar surface area (TPSA) is 84.8 Å². The third kappa shape index (κ3) is 5.62. The first-order chi connectivity index (χ1) is 11.7. The van der Waals surface area contributed by atoms with E-state index >= 15 is 0 Å². The third-order valence-corrected chi connectivity index (χ3v) is 3.86. The number of hydrogen-bond acceptors (Lipinski definition) is 5. The number of hydrogen-bond donors (Lipinski definition) is 2. The summed E-state index contributed by atoms with van der Waals surface area (Å²) in [6, 6.07) is 6.43. The summed E-state index contributed by atoms with van der Waals surface area (Å²) >= 11 is 0. The highest BCUT2D eigenvalue weighted by Crippen LogP contribution is 2.20. The van der Waals surface area contributed by atoms with Gasteiger partial charge in [-0.3, -0.25) is 0 Å². The number of benzene rings is 1. The highest BCUT2D eigenvalue weighted by atomic mass is 16.6. The third-order valence-electron chi connectivity index (χ3n) is 3.86. The van der Waals surface area contributed by atoms with E-state index in [1.54, 1.807) is 32.9 Å². The second-order valence-electron chi connectivity index (χ2n) is 7.32. The number of carbonyl (C=O) groups excluding carboxylic acids is 1. The largest absolute Gasteiger partial charge is 0.442 e. The molecule has 6 nitrogen and oxygen atoms in total. The van der Waals surface area contributed by atoms with Crippen LogP contribution in [0.4, 0.5) is 4.79 Å². The van der Waals surface area contributed by atoms with Gasteiger partial charge < -0.3 is 15.4 Å². The van der Waals surface area contributed by atoms with E-state index in [9.17, 15) is 4.79 Å². The zero-order chi connectivity index (χ0) is 18.6. The molecule has 0 bridgehead atoms. The Morgan fingerprint density at radius 1 is 1.32 bits per heavy atom.